The molecule has 0 aliphatic carbocycles. The number of hydrogen-bond acceptors (Lipinski definition) is 3. The number of benzene rings is 1. The van der Waals surface area contributed by atoms with E-state index in [4.69, 9.17) is 10.5 Å². The Kier molecular flexibility index (Phi) is 5.88. The first kappa shape index (κ1) is 16.4. The van der Waals surface area contributed by atoms with Gasteiger partial charge in [-0.25, -0.2) is 8.78 Å². The van der Waals surface area contributed by atoms with Crippen molar-refractivity contribution in [1.29, 1.82) is 0 Å². The van der Waals surface area contributed by atoms with Gasteiger partial charge in [-0.15, -0.1) is 0 Å². The van der Waals surface area contributed by atoms with E-state index in [0.29, 0.717) is 12.1 Å². The van der Waals surface area contributed by atoms with Crippen LogP contribution in [-0.4, -0.2) is 18.1 Å². The van der Waals surface area contributed by atoms with E-state index in [2.05, 4.69) is 5.32 Å². The third kappa shape index (κ3) is 4.45. The SMILES string of the molecule is CCC(Oc1c(F)cc(CNC(C)C)cc1F)C(N)=O. The van der Waals surface area contributed by atoms with Gasteiger partial charge in [0.1, 0.15) is 0 Å². The van der Waals surface area contributed by atoms with E-state index >= 15 is 0 Å². The third-order valence-corrected chi connectivity index (χ3v) is 2.72. The summed E-state index contributed by atoms with van der Waals surface area (Å²) in [5, 5.41) is 3.06. The zero-order chi connectivity index (χ0) is 15.3. The smallest absolute Gasteiger partial charge is 0.258 e. The maximum atomic E-state index is 13.9. The second-order valence-electron chi connectivity index (χ2n) is 4.84. The zero-order valence-corrected chi connectivity index (χ0v) is 11.9. The molecule has 3 N–H and O–H groups in total. The van der Waals surface area contributed by atoms with Crippen molar-refractivity contribution in [3.05, 3.63) is 29.3 Å². The molecule has 0 aromatic heterocycles. The highest BCUT2D eigenvalue weighted by Crippen LogP contribution is 2.25. The summed E-state index contributed by atoms with van der Waals surface area (Å²) < 4.78 is 32.7. The van der Waals surface area contributed by atoms with E-state index in [-0.39, 0.29) is 12.5 Å². The van der Waals surface area contributed by atoms with Crippen molar-refractivity contribution in [2.75, 3.05) is 0 Å². The highest BCUT2D eigenvalue weighted by atomic mass is 19.1. The van der Waals surface area contributed by atoms with E-state index in [1.807, 2.05) is 13.8 Å². The summed E-state index contributed by atoms with van der Waals surface area (Å²) in [5.41, 5.74) is 5.55. The summed E-state index contributed by atoms with van der Waals surface area (Å²) in [6.45, 7) is 5.86. The van der Waals surface area contributed by atoms with Crippen LogP contribution in [0.3, 0.4) is 0 Å². The first-order valence-electron chi connectivity index (χ1n) is 6.52. The fourth-order valence-electron chi connectivity index (χ4n) is 1.63. The summed E-state index contributed by atoms with van der Waals surface area (Å²) in [4.78, 5) is 11.0. The molecule has 1 atom stereocenters. The van der Waals surface area contributed by atoms with E-state index in [9.17, 15) is 13.6 Å². The quantitative estimate of drug-likeness (QED) is 0.807. The molecule has 0 aliphatic heterocycles. The molecule has 0 spiro atoms. The lowest BCUT2D eigenvalue weighted by Crippen LogP contribution is -2.33. The van der Waals surface area contributed by atoms with Gasteiger partial charge in [-0.1, -0.05) is 20.8 Å². The van der Waals surface area contributed by atoms with Gasteiger partial charge in [-0.2, -0.15) is 0 Å². The summed E-state index contributed by atoms with van der Waals surface area (Å²) in [5.74, 6) is -3.00. The molecule has 6 heteroatoms. The molecule has 0 heterocycles. The average molecular weight is 286 g/mol. The molecule has 0 fully saturated rings. The lowest BCUT2D eigenvalue weighted by atomic mass is 10.2. The Morgan fingerprint density at radius 2 is 1.90 bits per heavy atom. The fraction of sp³-hybridized carbons (Fsp3) is 0.500. The van der Waals surface area contributed by atoms with Crippen molar-refractivity contribution in [3.63, 3.8) is 0 Å². The number of hydrogen-bond donors (Lipinski definition) is 2. The highest BCUT2D eigenvalue weighted by molar-refractivity contribution is 5.79. The van der Waals surface area contributed by atoms with Crippen LogP contribution in [0.4, 0.5) is 8.78 Å². The van der Waals surface area contributed by atoms with Crippen molar-refractivity contribution in [2.45, 2.75) is 45.9 Å². The number of amides is 1. The van der Waals surface area contributed by atoms with Gasteiger partial charge in [0.2, 0.25) is 0 Å². The molecule has 1 rings (SSSR count). The maximum absolute atomic E-state index is 13.9. The number of carbonyl (C=O) groups is 1. The molecule has 1 amide bonds. The van der Waals surface area contributed by atoms with Crippen LogP contribution in [-0.2, 0) is 11.3 Å². The lowest BCUT2D eigenvalue weighted by Gasteiger charge is -2.16. The molecule has 20 heavy (non-hydrogen) atoms. The maximum Gasteiger partial charge on any atom is 0.258 e. The van der Waals surface area contributed by atoms with Gasteiger partial charge in [0, 0.05) is 12.6 Å². The molecule has 0 bridgehead atoms. The number of rotatable bonds is 7. The van der Waals surface area contributed by atoms with Gasteiger partial charge < -0.3 is 15.8 Å². The van der Waals surface area contributed by atoms with E-state index in [1.165, 1.54) is 12.1 Å². The lowest BCUT2D eigenvalue weighted by molar-refractivity contribution is -0.124. The van der Waals surface area contributed by atoms with Gasteiger partial charge in [0.05, 0.1) is 0 Å². The van der Waals surface area contributed by atoms with Crippen molar-refractivity contribution in [3.8, 4) is 5.75 Å². The van der Waals surface area contributed by atoms with Gasteiger partial charge in [0.25, 0.3) is 5.91 Å². The molecule has 112 valence electrons. The first-order chi connectivity index (χ1) is 9.35. The zero-order valence-electron chi connectivity index (χ0n) is 11.9. The largest absolute Gasteiger partial charge is 0.474 e. The molecule has 0 saturated carbocycles. The Morgan fingerprint density at radius 1 is 1.35 bits per heavy atom. The summed E-state index contributed by atoms with van der Waals surface area (Å²) >= 11 is 0. The van der Waals surface area contributed by atoms with Crippen molar-refractivity contribution in [1.82, 2.24) is 5.32 Å². The van der Waals surface area contributed by atoms with Gasteiger partial charge >= 0.3 is 0 Å². The van der Waals surface area contributed by atoms with Crippen LogP contribution in [0, 0.1) is 11.6 Å². The summed E-state index contributed by atoms with van der Waals surface area (Å²) in [7, 11) is 0. The predicted octanol–water partition coefficient (Wildman–Crippen LogP) is 2.11. The average Bonchev–Trinajstić information content (AvgIpc) is 2.35. The van der Waals surface area contributed by atoms with Crippen LogP contribution >= 0.6 is 0 Å². The minimum atomic E-state index is -1.04. The monoisotopic (exact) mass is 286 g/mol. The Balaban J connectivity index is 2.91. The van der Waals surface area contributed by atoms with E-state index in [1.54, 1.807) is 6.92 Å². The van der Waals surface area contributed by atoms with E-state index < -0.39 is 29.4 Å². The molecule has 1 unspecified atom stereocenters. The van der Waals surface area contributed by atoms with Crippen LogP contribution in [0.25, 0.3) is 0 Å². The van der Waals surface area contributed by atoms with Crippen molar-refractivity contribution < 1.29 is 18.3 Å². The predicted molar refractivity (Wildman–Crippen MR) is 72.2 cm³/mol. The minimum Gasteiger partial charge on any atom is -0.474 e. The fourth-order valence-corrected chi connectivity index (χ4v) is 1.63. The Morgan fingerprint density at radius 3 is 2.30 bits per heavy atom. The molecule has 0 aliphatic rings. The normalized spacial score (nSPS) is 12.5. The number of halogens is 2. The highest BCUT2D eigenvalue weighted by Gasteiger charge is 2.20. The second kappa shape index (κ2) is 7.19. The van der Waals surface area contributed by atoms with Crippen molar-refractivity contribution >= 4 is 5.91 Å². The minimum absolute atomic E-state index is 0.205. The van der Waals surface area contributed by atoms with Gasteiger partial charge in [-0.05, 0) is 24.1 Å². The van der Waals surface area contributed by atoms with E-state index in [0.717, 1.165) is 0 Å². The molecular formula is C14H20F2N2O2. The van der Waals surface area contributed by atoms with Crippen LogP contribution < -0.4 is 15.8 Å². The first-order valence-corrected chi connectivity index (χ1v) is 6.52. The molecular weight excluding hydrogens is 266 g/mol. The molecule has 1 aromatic rings. The topological polar surface area (TPSA) is 64.3 Å². The molecule has 4 nitrogen and oxygen atoms in total. The number of nitrogens with one attached hydrogen (secondary N) is 1. The molecule has 1 aromatic carbocycles. The Hall–Kier alpha value is -1.69. The summed E-state index contributed by atoms with van der Waals surface area (Å²) in [6, 6.07) is 2.57. The van der Waals surface area contributed by atoms with Crippen LogP contribution in [0.15, 0.2) is 12.1 Å². The van der Waals surface area contributed by atoms with Crippen LogP contribution in [0.5, 0.6) is 5.75 Å². The second-order valence-corrected chi connectivity index (χ2v) is 4.84. The number of ether oxygens (including phenoxy) is 1. The number of nitrogens with two attached hydrogens (primary N) is 1. The van der Waals surface area contributed by atoms with Gasteiger partial charge in [0.15, 0.2) is 23.5 Å². The summed E-state index contributed by atoms with van der Waals surface area (Å²) in [6.07, 6.45) is -0.802. The standard InChI is InChI=1S/C14H20F2N2O2/c1-4-12(14(17)19)20-13-10(15)5-9(6-11(13)16)7-18-8(2)3/h5-6,8,12,18H,4,7H2,1-3H3,(H2,17,19). The van der Waals surface area contributed by atoms with Gasteiger partial charge in [-0.3, -0.25) is 4.79 Å². The Bertz CT molecular complexity index is 455. The molecule has 0 saturated heterocycles. The number of carbonyl (C=O) groups excluding carboxylic acids is 1. The van der Waals surface area contributed by atoms with Crippen LogP contribution in [0.1, 0.15) is 32.8 Å². The Labute approximate surface area is 117 Å². The van der Waals surface area contributed by atoms with Crippen molar-refractivity contribution in [2.24, 2.45) is 5.73 Å². The molecule has 0 radical (unpaired) electrons. The third-order valence-electron chi connectivity index (χ3n) is 2.72. The number of primary amides is 1. The van der Waals surface area contributed by atoms with Crippen LogP contribution in [0.2, 0.25) is 0 Å².